The van der Waals surface area contributed by atoms with E-state index in [0.717, 1.165) is 69.6 Å². The fraction of sp³-hybridized carbons (Fsp3) is 0.667. The lowest BCUT2D eigenvalue weighted by Crippen LogP contribution is -2.41. The van der Waals surface area contributed by atoms with Gasteiger partial charge in [0.2, 0.25) is 5.91 Å². The summed E-state index contributed by atoms with van der Waals surface area (Å²) >= 11 is 0. The normalized spacial score (nSPS) is 21.3. The molecule has 0 aliphatic carbocycles. The van der Waals surface area contributed by atoms with Crippen molar-refractivity contribution in [1.29, 1.82) is 0 Å². The van der Waals surface area contributed by atoms with Crippen molar-refractivity contribution < 1.29 is 9.53 Å². The van der Waals surface area contributed by atoms with Crippen LogP contribution in [0.25, 0.3) is 0 Å². The van der Waals surface area contributed by atoms with Gasteiger partial charge in [0.25, 0.3) is 0 Å². The second-order valence-corrected chi connectivity index (χ2v) is 6.76. The molecule has 2 aliphatic rings. The molecule has 5 nitrogen and oxygen atoms in total. The zero-order valence-electron chi connectivity index (χ0n) is 14.0. The number of rotatable bonds is 6. The van der Waals surface area contributed by atoms with Gasteiger partial charge in [-0.3, -0.25) is 14.7 Å². The standard InChI is InChI=1S/C18H27N3O2/c1-15-9-16(11-19-10-15)12-20(13-17-5-4-8-23-17)14-18(22)21-6-2-3-7-21/h9-11,17H,2-8,12-14H2,1H3. The van der Waals surface area contributed by atoms with Crippen LogP contribution in [0.1, 0.15) is 36.8 Å². The summed E-state index contributed by atoms with van der Waals surface area (Å²) in [4.78, 5) is 21.0. The third-order valence-corrected chi connectivity index (χ3v) is 4.64. The first-order valence-electron chi connectivity index (χ1n) is 8.73. The quantitative estimate of drug-likeness (QED) is 0.805. The fourth-order valence-electron chi connectivity index (χ4n) is 3.48. The molecule has 0 bridgehead atoms. The van der Waals surface area contributed by atoms with E-state index in [2.05, 4.69) is 22.9 Å². The van der Waals surface area contributed by atoms with E-state index in [1.165, 1.54) is 0 Å². The number of aromatic nitrogens is 1. The van der Waals surface area contributed by atoms with Crippen LogP contribution in [0.2, 0.25) is 0 Å². The zero-order valence-corrected chi connectivity index (χ0v) is 14.0. The minimum absolute atomic E-state index is 0.251. The van der Waals surface area contributed by atoms with Gasteiger partial charge in [-0.2, -0.15) is 0 Å². The van der Waals surface area contributed by atoms with Crippen molar-refractivity contribution in [2.24, 2.45) is 0 Å². The molecule has 0 radical (unpaired) electrons. The molecular formula is C18H27N3O2. The second kappa shape index (κ2) is 7.88. The van der Waals surface area contributed by atoms with Gasteiger partial charge in [-0.05, 0) is 43.7 Å². The first-order valence-corrected chi connectivity index (χ1v) is 8.73. The number of likely N-dealkylation sites (tertiary alicyclic amines) is 1. The average molecular weight is 317 g/mol. The van der Waals surface area contributed by atoms with Crippen molar-refractivity contribution in [3.05, 3.63) is 29.6 Å². The van der Waals surface area contributed by atoms with Gasteiger partial charge in [0.1, 0.15) is 0 Å². The summed E-state index contributed by atoms with van der Waals surface area (Å²) in [5.41, 5.74) is 2.32. The van der Waals surface area contributed by atoms with Gasteiger partial charge in [-0.15, -0.1) is 0 Å². The van der Waals surface area contributed by atoms with Crippen LogP contribution < -0.4 is 0 Å². The molecule has 126 valence electrons. The lowest BCUT2D eigenvalue weighted by atomic mass is 10.2. The van der Waals surface area contributed by atoms with Crippen LogP contribution in [0.15, 0.2) is 18.5 Å². The summed E-state index contributed by atoms with van der Waals surface area (Å²) in [5.74, 6) is 0.251. The Balaban J connectivity index is 1.63. The average Bonchev–Trinajstić information content (AvgIpc) is 3.20. The highest BCUT2D eigenvalue weighted by Crippen LogP contribution is 2.16. The molecule has 0 aromatic carbocycles. The summed E-state index contributed by atoms with van der Waals surface area (Å²) in [5, 5.41) is 0. The Morgan fingerprint density at radius 2 is 2.17 bits per heavy atom. The van der Waals surface area contributed by atoms with Crippen LogP contribution >= 0.6 is 0 Å². The van der Waals surface area contributed by atoms with E-state index in [9.17, 15) is 4.79 Å². The molecule has 0 saturated carbocycles. The van der Waals surface area contributed by atoms with Crippen molar-refractivity contribution >= 4 is 5.91 Å². The fourth-order valence-corrected chi connectivity index (χ4v) is 3.48. The number of pyridine rings is 1. The Morgan fingerprint density at radius 1 is 1.35 bits per heavy atom. The third kappa shape index (κ3) is 4.75. The molecule has 1 aromatic heterocycles. The van der Waals surface area contributed by atoms with E-state index in [0.29, 0.717) is 6.54 Å². The van der Waals surface area contributed by atoms with Gasteiger partial charge in [-0.25, -0.2) is 0 Å². The topological polar surface area (TPSA) is 45.7 Å². The number of amides is 1. The Hall–Kier alpha value is -1.46. The van der Waals surface area contributed by atoms with E-state index >= 15 is 0 Å². The number of carbonyl (C=O) groups excluding carboxylic acids is 1. The smallest absolute Gasteiger partial charge is 0.236 e. The summed E-state index contributed by atoms with van der Waals surface area (Å²) in [6.07, 6.45) is 8.53. The molecular weight excluding hydrogens is 290 g/mol. The van der Waals surface area contributed by atoms with Crippen LogP contribution in [0.3, 0.4) is 0 Å². The van der Waals surface area contributed by atoms with E-state index in [-0.39, 0.29) is 12.0 Å². The molecule has 3 heterocycles. The maximum Gasteiger partial charge on any atom is 0.236 e. The third-order valence-electron chi connectivity index (χ3n) is 4.64. The number of ether oxygens (including phenoxy) is 1. The first kappa shape index (κ1) is 16.4. The zero-order chi connectivity index (χ0) is 16.1. The molecule has 3 rings (SSSR count). The van der Waals surface area contributed by atoms with Gasteiger partial charge in [0.05, 0.1) is 12.6 Å². The Labute approximate surface area is 138 Å². The van der Waals surface area contributed by atoms with Gasteiger partial charge >= 0.3 is 0 Å². The first-order chi connectivity index (χ1) is 11.2. The molecule has 1 atom stereocenters. The van der Waals surface area contributed by atoms with Crippen LogP contribution in [0.4, 0.5) is 0 Å². The minimum Gasteiger partial charge on any atom is -0.377 e. The van der Waals surface area contributed by atoms with E-state index in [1.807, 2.05) is 17.3 Å². The number of carbonyl (C=O) groups is 1. The molecule has 2 saturated heterocycles. The Kier molecular flexibility index (Phi) is 5.62. The highest BCUT2D eigenvalue weighted by atomic mass is 16.5. The van der Waals surface area contributed by atoms with E-state index in [4.69, 9.17) is 4.74 Å². The summed E-state index contributed by atoms with van der Waals surface area (Å²) in [6, 6.07) is 2.15. The molecule has 1 unspecified atom stereocenters. The molecule has 2 aliphatic heterocycles. The summed E-state index contributed by atoms with van der Waals surface area (Å²) in [6.45, 7) is 6.80. The van der Waals surface area contributed by atoms with Gasteiger partial charge in [-0.1, -0.05) is 6.07 Å². The Morgan fingerprint density at radius 3 is 2.87 bits per heavy atom. The largest absolute Gasteiger partial charge is 0.377 e. The molecule has 23 heavy (non-hydrogen) atoms. The molecule has 1 aromatic rings. The summed E-state index contributed by atoms with van der Waals surface area (Å²) in [7, 11) is 0. The molecule has 1 amide bonds. The van der Waals surface area contributed by atoms with Crippen LogP contribution in [0, 0.1) is 6.92 Å². The Bertz CT molecular complexity index is 523. The van der Waals surface area contributed by atoms with Gasteiger partial charge in [0, 0.05) is 45.2 Å². The maximum absolute atomic E-state index is 12.5. The van der Waals surface area contributed by atoms with Crippen molar-refractivity contribution in [3.8, 4) is 0 Å². The van der Waals surface area contributed by atoms with Gasteiger partial charge in [0.15, 0.2) is 0 Å². The van der Waals surface area contributed by atoms with Crippen molar-refractivity contribution in [1.82, 2.24) is 14.8 Å². The van der Waals surface area contributed by atoms with Crippen LogP contribution in [0.5, 0.6) is 0 Å². The molecule has 0 N–H and O–H groups in total. The van der Waals surface area contributed by atoms with Crippen LogP contribution in [-0.4, -0.2) is 59.6 Å². The molecule has 5 heteroatoms. The molecule has 0 spiro atoms. The summed E-state index contributed by atoms with van der Waals surface area (Å²) < 4.78 is 5.77. The second-order valence-electron chi connectivity index (χ2n) is 6.76. The lowest BCUT2D eigenvalue weighted by Gasteiger charge is -2.27. The van der Waals surface area contributed by atoms with Crippen molar-refractivity contribution in [3.63, 3.8) is 0 Å². The lowest BCUT2D eigenvalue weighted by molar-refractivity contribution is -0.131. The van der Waals surface area contributed by atoms with Crippen molar-refractivity contribution in [2.75, 3.05) is 32.8 Å². The number of hydrogen-bond donors (Lipinski definition) is 0. The highest BCUT2D eigenvalue weighted by molar-refractivity contribution is 5.78. The number of nitrogens with zero attached hydrogens (tertiary/aromatic N) is 3. The van der Waals surface area contributed by atoms with E-state index < -0.39 is 0 Å². The SMILES string of the molecule is Cc1cncc(CN(CC(=O)N2CCCC2)CC2CCCO2)c1. The monoisotopic (exact) mass is 317 g/mol. The van der Waals surface area contributed by atoms with Gasteiger partial charge < -0.3 is 9.64 Å². The maximum atomic E-state index is 12.5. The minimum atomic E-state index is 0.251. The number of aryl methyl sites for hydroxylation is 1. The molecule has 2 fully saturated rings. The van der Waals surface area contributed by atoms with E-state index in [1.54, 1.807) is 0 Å². The van der Waals surface area contributed by atoms with Crippen LogP contribution in [-0.2, 0) is 16.1 Å². The predicted octanol–water partition coefficient (Wildman–Crippen LogP) is 1.99. The predicted molar refractivity (Wildman–Crippen MR) is 89.0 cm³/mol. The number of hydrogen-bond acceptors (Lipinski definition) is 4. The highest BCUT2D eigenvalue weighted by Gasteiger charge is 2.24. The van der Waals surface area contributed by atoms with Crippen molar-refractivity contribution in [2.45, 2.75) is 45.3 Å².